The number of amides is 2. The fourth-order valence-electron chi connectivity index (χ4n) is 3.19. The molecule has 1 aromatic carbocycles. The van der Waals surface area contributed by atoms with Gasteiger partial charge in [0.25, 0.3) is 0 Å². The quantitative estimate of drug-likeness (QED) is 0.825. The van der Waals surface area contributed by atoms with E-state index < -0.39 is 0 Å². The van der Waals surface area contributed by atoms with Crippen molar-refractivity contribution in [1.29, 1.82) is 0 Å². The minimum atomic E-state index is -0.123. The van der Waals surface area contributed by atoms with Crippen molar-refractivity contribution in [3.05, 3.63) is 35.5 Å². The van der Waals surface area contributed by atoms with Crippen LogP contribution in [0.4, 0.5) is 22.2 Å². The molecule has 1 aromatic heterocycles. The zero-order valence-corrected chi connectivity index (χ0v) is 17.0. The maximum absolute atomic E-state index is 12.7. The van der Waals surface area contributed by atoms with E-state index in [1.165, 1.54) is 0 Å². The molecule has 1 fully saturated rings. The van der Waals surface area contributed by atoms with Gasteiger partial charge in [-0.2, -0.15) is 4.98 Å². The smallest absolute Gasteiger partial charge is 0.322 e. The maximum Gasteiger partial charge on any atom is 0.322 e. The lowest BCUT2D eigenvalue weighted by Gasteiger charge is -2.35. The highest BCUT2D eigenvalue weighted by Gasteiger charge is 2.23. The Hall–Kier alpha value is -3.03. The van der Waals surface area contributed by atoms with Crippen molar-refractivity contribution in [2.24, 2.45) is 0 Å². The summed E-state index contributed by atoms with van der Waals surface area (Å²) >= 11 is 0. The second-order valence-corrected chi connectivity index (χ2v) is 6.83. The molecule has 2 aromatic rings. The number of anilines is 3. The minimum Gasteiger partial charge on any atom is -0.495 e. The number of methoxy groups -OCH3 is 1. The fourth-order valence-corrected chi connectivity index (χ4v) is 3.19. The molecule has 2 amide bonds. The highest BCUT2D eigenvalue weighted by atomic mass is 16.5. The Kier molecular flexibility index (Phi) is 6.18. The van der Waals surface area contributed by atoms with Gasteiger partial charge in [-0.15, -0.1) is 0 Å². The number of nitrogens with one attached hydrogen (secondary N) is 2. The summed E-state index contributed by atoms with van der Waals surface area (Å²) in [5.74, 6) is 2.19. The van der Waals surface area contributed by atoms with Gasteiger partial charge in [0, 0.05) is 44.5 Å². The molecule has 1 saturated heterocycles. The molecule has 28 heavy (non-hydrogen) atoms. The summed E-state index contributed by atoms with van der Waals surface area (Å²) in [6.07, 6.45) is 0. The Morgan fingerprint density at radius 1 is 1.14 bits per heavy atom. The van der Waals surface area contributed by atoms with Crippen LogP contribution in [-0.4, -0.2) is 60.7 Å². The number of aryl methyl sites for hydroxylation is 2. The van der Waals surface area contributed by atoms with E-state index in [1.807, 2.05) is 45.0 Å². The molecule has 2 N–H and O–H groups in total. The number of hydrogen-bond acceptors (Lipinski definition) is 6. The topological polar surface area (TPSA) is 82.6 Å². The molecule has 0 bridgehead atoms. The average molecular weight is 384 g/mol. The van der Waals surface area contributed by atoms with Gasteiger partial charge in [0.1, 0.15) is 11.6 Å². The Bertz CT molecular complexity index is 833. The van der Waals surface area contributed by atoms with Crippen LogP contribution in [0.2, 0.25) is 0 Å². The van der Waals surface area contributed by atoms with Crippen LogP contribution in [0.25, 0.3) is 0 Å². The number of carbonyl (C=O) groups is 1. The highest BCUT2D eigenvalue weighted by molar-refractivity contribution is 5.91. The second-order valence-electron chi connectivity index (χ2n) is 6.83. The Balaban J connectivity index is 1.62. The van der Waals surface area contributed by atoms with Crippen LogP contribution in [-0.2, 0) is 0 Å². The van der Waals surface area contributed by atoms with Gasteiger partial charge in [-0.3, -0.25) is 0 Å². The number of hydrogen-bond donors (Lipinski definition) is 2. The van der Waals surface area contributed by atoms with Crippen molar-refractivity contribution in [3.8, 4) is 5.75 Å². The average Bonchev–Trinajstić information content (AvgIpc) is 2.68. The highest BCUT2D eigenvalue weighted by Crippen LogP contribution is 2.25. The van der Waals surface area contributed by atoms with E-state index in [0.717, 1.165) is 23.6 Å². The number of urea groups is 1. The molecule has 1 aliphatic rings. The van der Waals surface area contributed by atoms with E-state index in [9.17, 15) is 4.79 Å². The first-order valence-corrected chi connectivity index (χ1v) is 9.55. The third-order valence-corrected chi connectivity index (χ3v) is 4.65. The molecule has 3 rings (SSSR count). The van der Waals surface area contributed by atoms with E-state index in [-0.39, 0.29) is 6.03 Å². The first-order chi connectivity index (χ1) is 13.5. The van der Waals surface area contributed by atoms with Crippen molar-refractivity contribution in [3.63, 3.8) is 0 Å². The number of nitrogens with zero attached hydrogens (tertiary/aromatic N) is 4. The zero-order valence-electron chi connectivity index (χ0n) is 17.0. The van der Waals surface area contributed by atoms with Gasteiger partial charge in [0.2, 0.25) is 5.95 Å². The standard InChI is InChI=1S/C20H28N6O2/c1-5-21-18-13-15(3)22-19(24-18)25-8-10-26(11-9-25)20(27)23-16-12-14(2)6-7-17(16)28-4/h6-7,12-13H,5,8-11H2,1-4H3,(H,23,27)(H,21,22,24). The molecular weight excluding hydrogens is 356 g/mol. The molecule has 0 saturated carbocycles. The second kappa shape index (κ2) is 8.77. The minimum absolute atomic E-state index is 0.123. The molecule has 150 valence electrons. The Morgan fingerprint density at radius 2 is 1.89 bits per heavy atom. The van der Waals surface area contributed by atoms with Crippen molar-refractivity contribution >= 4 is 23.5 Å². The largest absolute Gasteiger partial charge is 0.495 e. The maximum atomic E-state index is 12.7. The summed E-state index contributed by atoms with van der Waals surface area (Å²) in [4.78, 5) is 25.7. The van der Waals surface area contributed by atoms with Crippen LogP contribution in [0.1, 0.15) is 18.2 Å². The number of benzene rings is 1. The third kappa shape index (κ3) is 4.62. The van der Waals surface area contributed by atoms with Crippen molar-refractivity contribution in [2.45, 2.75) is 20.8 Å². The van der Waals surface area contributed by atoms with E-state index in [0.29, 0.717) is 43.6 Å². The predicted octanol–water partition coefficient (Wildman–Crippen LogP) is 2.89. The first-order valence-electron chi connectivity index (χ1n) is 9.55. The van der Waals surface area contributed by atoms with Gasteiger partial charge in [-0.25, -0.2) is 9.78 Å². The third-order valence-electron chi connectivity index (χ3n) is 4.65. The van der Waals surface area contributed by atoms with Crippen LogP contribution in [0.3, 0.4) is 0 Å². The zero-order chi connectivity index (χ0) is 20.1. The lowest BCUT2D eigenvalue weighted by molar-refractivity contribution is 0.208. The SMILES string of the molecule is CCNc1cc(C)nc(N2CCN(C(=O)Nc3cc(C)ccc3OC)CC2)n1. The molecule has 8 nitrogen and oxygen atoms in total. The monoisotopic (exact) mass is 384 g/mol. The van der Waals surface area contributed by atoms with E-state index in [4.69, 9.17) is 4.74 Å². The van der Waals surface area contributed by atoms with Gasteiger partial charge in [0.15, 0.2) is 0 Å². The molecule has 0 spiro atoms. The number of rotatable bonds is 5. The summed E-state index contributed by atoms with van der Waals surface area (Å²) in [7, 11) is 1.60. The Morgan fingerprint density at radius 3 is 2.57 bits per heavy atom. The van der Waals surface area contributed by atoms with Crippen molar-refractivity contribution < 1.29 is 9.53 Å². The van der Waals surface area contributed by atoms with Gasteiger partial charge in [-0.05, 0) is 38.5 Å². The van der Waals surface area contributed by atoms with Gasteiger partial charge in [0.05, 0.1) is 12.8 Å². The summed E-state index contributed by atoms with van der Waals surface area (Å²) in [6, 6.07) is 7.54. The molecule has 0 atom stereocenters. The lowest BCUT2D eigenvalue weighted by Crippen LogP contribution is -2.50. The molecule has 8 heteroatoms. The van der Waals surface area contributed by atoms with E-state index in [2.05, 4.69) is 25.5 Å². The summed E-state index contributed by atoms with van der Waals surface area (Å²) in [6.45, 7) is 9.38. The normalized spacial score (nSPS) is 14.0. The number of ether oxygens (including phenoxy) is 1. The molecule has 0 unspecified atom stereocenters. The summed E-state index contributed by atoms with van der Waals surface area (Å²) in [5, 5.41) is 6.20. The lowest BCUT2D eigenvalue weighted by atomic mass is 10.2. The van der Waals surface area contributed by atoms with Crippen molar-refractivity contribution in [2.75, 3.05) is 55.4 Å². The van der Waals surface area contributed by atoms with Gasteiger partial charge in [-0.1, -0.05) is 6.07 Å². The number of carbonyl (C=O) groups excluding carboxylic acids is 1. The summed E-state index contributed by atoms with van der Waals surface area (Å²) < 4.78 is 5.34. The van der Waals surface area contributed by atoms with E-state index in [1.54, 1.807) is 12.0 Å². The van der Waals surface area contributed by atoms with Gasteiger partial charge < -0.3 is 25.2 Å². The first kappa shape index (κ1) is 19.7. The molecule has 0 radical (unpaired) electrons. The predicted molar refractivity (Wildman–Crippen MR) is 111 cm³/mol. The van der Waals surface area contributed by atoms with Crippen LogP contribution >= 0.6 is 0 Å². The molecule has 1 aliphatic heterocycles. The number of aromatic nitrogens is 2. The van der Waals surface area contributed by atoms with E-state index >= 15 is 0 Å². The summed E-state index contributed by atoms with van der Waals surface area (Å²) in [5.41, 5.74) is 2.67. The van der Waals surface area contributed by atoms with Crippen LogP contribution in [0.15, 0.2) is 24.3 Å². The van der Waals surface area contributed by atoms with Gasteiger partial charge >= 0.3 is 6.03 Å². The molecule has 0 aliphatic carbocycles. The molecular formula is C20H28N6O2. The Labute approximate surface area is 165 Å². The van der Waals surface area contributed by atoms with Crippen LogP contribution in [0.5, 0.6) is 5.75 Å². The fraction of sp³-hybridized carbons (Fsp3) is 0.450. The number of piperazine rings is 1. The molecule has 2 heterocycles. The van der Waals surface area contributed by atoms with Crippen molar-refractivity contribution in [1.82, 2.24) is 14.9 Å². The van der Waals surface area contributed by atoms with Crippen LogP contribution in [0, 0.1) is 13.8 Å². The van der Waals surface area contributed by atoms with Crippen LogP contribution < -0.4 is 20.3 Å².